The van der Waals surface area contributed by atoms with Crippen LogP contribution in [-0.2, 0) is 17.8 Å². The van der Waals surface area contributed by atoms with Crippen LogP contribution in [0.25, 0.3) is 11.3 Å². The summed E-state index contributed by atoms with van der Waals surface area (Å²) in [7, 11) is 0. The second-order valence-electron chi connectivity index (χ2n) is 6.67. The van der Waals surface area contributed by atoms with Crippen molar-refractivity contribution >= 4 is 17.2 Å². The second-order valence-corrected chi connectivity index (χ2v) is 7.99. The third-order valence-corrected chi connectivity index (χ3v) is 5.47. The lowest BCUT2D eigenvalue weighted by Gasteiger charge is -2.39. The molecule has 138 valence electrons. The van der Waals surface area contributed by atoms with Crippen molar-refractivity contribution < 1.29 is 4.79 Å². The van der Waals surface area contributed by atoms with Gasteiger partial charge in [-0.2, -0.15) is 5.10 Å². The fraction of sp³-hybridized carbons (Fsp3) is 0.316. The van der Waals surface area contributed by atoms with Crippen LogP contribution < -0.4 is 5.56 Å². The SMILES string of the molecule is Cc1ncc(CC(=O)N2CC(Cn3nc(-c4cccnc4)ccc3=O)C2)s1. The van der Waals surface area contributed by atoms with Crippen LogP contribution in [0.1, 0.15) is 9.88 Å². The molecule has 1 fully saturated rings. The van der Waals surface area contributed by atoms with Gasteiger partial charge in [-0.15, -0.1) is 11.3 Å². The second kappa shape index (κ2) is 7.40. The fourth-order valence-corrected chi connectivity index (χ4v) is 3.92. The van der Waals surface area contributed by atoms with Gasteiger partial charge in [0.2, 0.25) is 5.91 Å². The molecule has 4 rings (SSSR count). The molecule has 0 spiro atoms. The molecule has 3 aromatic heterocycles. The summed E-state index contributed by atoms with van der Waals surface area (Å²) in [6, 6.07) is 6.99. The minimum Gasteiger partial charge on any atom is -0.342 e. The van der Waals surface area contributed by atoms with Gasteiger partial charge in [-0.3, -0.25) is 14.6 Å². The molecule has 1 aliphatic heterocycles. The fourth-order valence-electron chi connectivity index (χ4n) is 3.13. The van der Waals surface area contributed by atoms with Crippen molar-refractivity contribution in [2.24, 2.45) is 5.92 Å². The van der Waals surface area contributed by atoms with Crippen LogP contribution in [0.5, 0.6) is 0 Å². The number of aromatic nitrogens is 4. The molecule has 1 saturated heterocycles. The van der Waals surface area contributed by atoms with Gasteiger partial charge in [-0.25, -0.2) is 9.67 Å². The van der Waals surface area contributed by atoms with Crippen LogP contribution in [0, 0.1) is 12.8 Å². The lowest BCUT2D eigenvalue weighted by Crippen LogP contribution is -2.52. The van der Waals surface area contributed by atoms with Gasteiger partial charge in [-0.05, 0) is 25.1 Å². The third-order valence-electron chi connectivity index (χ3n) is 4.56. The molecule has 0 bridgehead atoms. The first-order valence-corrected chi connectivity index (χ1v) is 9.58. The number of likely N-dealkylation sites (tertiary alicyclic amines) is 1. The highest BCUT2D eigenvalue weighted by Gasteiger charge is 2.31. The molecule has 0 atom stereocenters. The molecular formula is C19H19N5O2S. The van der Waals surface area contributed by atoms with Gasteiger partial charge < -0.3 is 4.90 Å². The lowest BCUT2D eigenvalue weighted by atomic mass is 9.99. The van der Waals surface area contributed by atoms with E-state index in [0.717, 1.165) is 21.1 Å². The smallest absolute Gasteiger partial charge is 0.266 e. The summed E-state index contributed by atoms with van der Waals surface area (Å²) >= 11 is 1.55. The van der Waals surface area contributed by atoms with Gasteiger partial charge >= 0.3 is 0 Å². The largest absolute Gasteiger partial charge is 0.342 e. The molecule has 0 N–H and O–H groups in total. The molecule has 1 aliphatic rings. The number of hydrogen-bond donors (Lipinski definition) is 0. The Labute approximate surface area is 160 Å². The van der Waals surface area contributed by atoms with E-state index in [0.29, 0.717) is 26.1 Å². The van der Waals surface area contributed by atoms with Crippen molar-refractivity contribution in [3.8, 4) is 11.3 Å². The van der Waals surface area contributed by atoms with Crippen LogP contribution in [0.2, 0.25) is 0 Å². The van der Waals surface area contributed by atoms with Gasteiger partial charge in [-0.1, -0.05) is 0 Å². The Bertz CT molecular complexity index is 1010. The van der Waals surface area contributed by atoms with E-state index in [9.17, 15) is 9.59 Å². The molecule has 27 heavy (non-hydrogen) atoms. The minimum atomic E-state index is -0.132. The Balaban J connectivity index is 1.37. The van der Waals surface area contributed by atoms with E-state index in [2.05, 4.69) is 15.1 Å². The number of hydrogen-bond acceptors (Lipinski definition) is 6. The average molecular weight is 381 g/mol. The zero-order chi connectivity index (χ0) is 18.8. The number of carbonyl (C=O) groups excluding carboxylic acids is 1. The molecule has 0 saturated carbocycles. The molecule has 1 amide bonds. The van der Waals surface area contributed by atoms with Crippen molar-refractivity contribution in [2.75, 3.05) is 13.1 Å². The molecule has 0 radical (unpaired) electrons. The monoisotopic (exact) mass is 381 g/mol. The van der Waals surface area contributed by atoms with E-state index < -0.39 is 0 Å². The predicted octanol–water partition coefficient (Wildman–Crippen LogP) is 1.77. The van der Waals surface area contributed by atoms with Crippen molar-refractivity contribution in [3.63, 3.8) is 0 Å². The minimum absolute atomic E-state index is 0.110. The summed E-state index contributed by atoms with van der Waals surface area (Å²) in [5, 5.41) is 5.43. The van der Waals surface area contributed by atoms with Crippen LogP contribution in [-0.4, -0.2) is 43.6 Å². The zero-order valence-electron chi connectivity index (χ0n) is 14.9. The molecule has 4 heterocycles. The van der Waals surface area contributed by atoms with Crippen LogP contribution in [0.3, 0.4) is 0 Å². The van der Waals surface area contributed by atoms with E-state index in [1.54, 1.807) is 36.0 Å². The first kappa shape index (κ1) is 17.5. The number of aryl methyl sites for hydroxylation is 1. The Morgan fingerprint density at radius 1 is 1.26 bits per heavy atom. The summed E-state index contributed by atoms with van der Waals surface area (Å²) in [6.07, 6.45) is 5.59. The van der Waals surface area contributed by atoms with Gasteiger partial charge in [0.15, 0.2) is 0 Å². The molecule has 3 aromatic rings. The van der Waals surface area contributed by atoms with Crippen molar-refractivity contribution in [2.45, 2.75) is 19.9 Å². The number of pyridine rings is 1. The molecular weight excluding hydrogens is 362 g/mol. The maximum atomic E-state index is 12.3. The van der Waals surface area contributed by atoms with Crippen LogP contribution in [0.4, 0.5) is 0 Å². The van der Waals surface area contributed by atoms with Gasteiger partial charge in [0.05, 0.1) is 23.7 Å². The number of thiazole rings is 1. The van der Waals surface area contributed by atoms with Crippen LogP contribution in [0.15, 0.2) is 47.7 Å². The molecule has 8 heteroatoms. The maximum Gasteiger partial charge on any atom is 0.266 e. The Hall–Kier alpha value is -2.87. The number of rotatable bonds is 5. The highest BCUT2D eigenvalue weighted by Crippen LogP contribution is 2.20. The molecule has 7 nitrogen and oxygen atoms in total. The van der Waals surface area contributed by atoms with E-state index in [1.807, 2.05) is 24.0 Å². The average Bonchev–Trinajstić information content (AvgIpc) is 3.04. The Morgan fingerprint density at radius 2 is 2.11 bits per heavy atom. The first-order chi connectivity index (χ1) is 13.1. The van der Waals surface area contributed by atoms with E-state index in [1.165, 1.54) is 10.7 Å². The summed E-state index contributed by atoms with van der Waals surface area (Å²) in [5.74, 6) is 0.353. The summed E-state index contributed by atoms with van der Waals surface area (Å²) in [6.45, 7) is 3.75. The Kier molecular flexibility index (Phi) is 4.81. The quantitative estimate of drug-likeness (QED) is 0.673. The topological polar surface area (TPSA) is 81.0 Å². The van der Waals surface area contributed by atoms with Crippen molar-refractivity contribution in [1.82, 2.24) is 24.6 Å². The standard InChI is InChI=1S/C19H19N5O2S/c1-13-21-9-16(27-13)7-19(26)23-10-14(11-23)12-24-18(25)5-4-17(22-24)15-3-2-6-20-8-15/h2-6,8-9,14H,7,10-12H2,1H3. The molecule has 0 aliphatic carbocycles. The van der Waals surface area contributed by atoms with E-state index >= 15 is 0 Å². The maximum absolute atomic E-state index is 12.3. The van der Waals surface area contributed by atoms with E-state index in [-0.39, 0.29) is 17.4 Å². The van der Waals surface area contributed by atoms with Gasteiger partial charge in [0.25, 0.3) is 5.56 Å². The highest BCUT2D eigenvalue weighted by molar-refractivity contribution is 7.11. The lowest BCUT2D eigenvalue weighted by molar-refractivity contribution is -0.137. The normalized spacial score (nSPS) is 14.2. The molecule has 0 aromatic carbocycles. The Morgan fingerprint density at radius 3 is 2.81 bits per heavy atom. The van der Waals surface area contributed by atoms with Crippen molar-refractivity contribution in [3.05, 3.63) is 63.1 Å². The summed E-state index contributed by atoms with van der Waals surface area (Å²) in [5.41, 5.74) is 1.46. The van der Waals surface area contributed by atoms with E-state index in [4.69, 9.17) is 0 Å². The first-order valence-electron chi connectivity index (χ1n) is 8.76. The number of carbonyl (C=O) groups is 1. The number of amides is 1. The predicted molar refractivity (Wildman–Crippen MR) is 102 cm³/mol. The van der Waals surface area contributed by atoms with Gasteiger partial charge in [0, 0.05) is 54.1 Å². The highest BCUT2D eigenvalue weighted by atomic mass is 32.1. The molecule has 0 unspecified atom stereocenters. The summed E-state index contributed by atoms with van der Waals surface area (Å²) in [4.78, 5) is 35.6. The zero-order valence-corrected chi connectivity index (χ0v) is 15.7. The van der Waals surface area contributed by atoms with Gasteiger partial charge in [0.1, 0.15) is 0 Å². The number of nitrogens with zero attached hydrogens (tertiary/aromatic N) is 5. The van der Waals surface area contributed by atoms with Crippen LogP contribution >= 0.6 is 11.3 Å². The summed E-state index contributed by atoms with van der Waals surface area (Å²) < 4.78 is 1.49. The van der Waals surface area contributed by atoms with Crippen molar-refractivity contribution in [1.29, 1.82) is 0 Å². The third kappa shape index (κ3) is 3.95.